The summed E-state index contributed by atoms with van der Waals surface area (Å²) in [7, 11) is 0. The van der Waals surface area contributed by atoms with Crippen LogP contribution in [0.2, 0.25) is 5.02 Å². The van der Waals surface area contributed by atoms with Crippen molar-refractivity contribution in [2.24, 2.45) is 0 Å². The number of aryl methyl sites for hydroxylation is 1. The Morgan fingerprint density at radius 1 is 1.25 bits per heavy atom. The molecule has 2 aromatic rings. The van der Waals surface area contributed by atoms with E-state index < -0.39 is 0 Å². The van der Waals surface area contributed by atoms with E-state index in [0.29, 0.717) is 12.0 Å². The average molecular weight is 290 g/mol. The Morgan fingerprint density at radius 3 is 2.75 bits per heavy atom. The summed E-state index contributed by atoms with van der Waals surface area (Å²) < 4.78 is 1.99. The lowest BCUT2D eigenvalue weighted by Gasteiger charge is -2.36. The van der Waals surface area contributed by atoms with Crippen molar-refractivity contribution in [1.29, 1.82) is 0 Å². The number of hydrogen-bond donors (Lipinski definition) is 1. The van der Waals surface area contributed by atoms with Gasteiger partial charge >= 0.3 is 0 Å². The van der Waals surface area contributed by atoms with Gasteiger partial charge in [0.05, 0.1) is 0 Å². The monoisotopic (exact) mass is 289 g/mol. The second-order valence-electron chi connectivity index (χ2n) is 5.49. The van der Waals surface area contributed by atoms with E-state index in [0.717, 1.165) is 24.5 Å². The maximum absolute atomic E-state index is 5.91. The Morgan fingerprint density at radius 2 is 2.05 bits per heavy atom. The van der Waals surface area contributed by atoms with Crippen molar-refractivity contribution < 1.29 is 0 Å². The van der Waals surface area contributed by atoms with E-state index >= 15 is 0 Å². The zero-order valence-electron chi connectivity index (χ0n) is 11.5. The molecule has 0 spiro atoms. The van der Waals surface area contributed by atoms with Gasteiger partial charge in [0.15, 0.2) is 0 Å². The van der Waals surface area contributed by atoms with Crippen molar-refractivity contribution in [3.63, 3.8) is 0 Å². The first-order valence-corrected chi connectivity index (χ1v) is 7.65. The van der Waals surface area contributed by atoms with E-state index in [1.54, 1.807) is 0 Å². The molecule has 1 fully saturated rings. The molecule has 0 saturated heterocycles. The molecule has 0 atom stereocenters. The molecule has 1 aliphatic carbocycles. The Kier molecular flexibility index (Phi) is 4.38. The third-order valence-electron chi connectivity index (χ3n) is 4.04. The molecule has 3 rings (SSSR count). The molecule has 1 aromatic heterocycles. The molecule has 1 N–H and O–H groups in total. The Balaban J connectivity index is 1.33. The fraction of sp³-hybridized carbons (Fsp3) is 0.438. The number of halogens is 1. The van der Waals surface area contributed by atoms with Gasteiger partial charge in [-0.25, -0.2) is 0 Å². The maximum atomic E-state index is 5.91. The van der Waals surface area contributed by atoms with Gasteiger partial charge in [-0.1, -0.05) is 23.7 Å². The SMILES string of the molecule is Clc1ccc(C2CC(NCCCn3cccn3)C2)cc1. The Labute approximate surface area is 124 Å². The highest BCUT2D eigenvalue weighted by Gasteiger charge is 2.29. The fourth-order valence-corrected chi connectivity index (χ4v) is 2.90. The molecule has 0 unspecified atom stereocenters. The van der Waals surface area contributed by atoms with E-state index in [4.69, 9.17) is 11.6 Å². The highest BCUT2D eigenvalue weighted by atomic mass is 35.5. The van der Waals surface area contributed by atoms with E-state index in [9.17, 15) is 0 Å². The van der Waals surface area contributed by atoms with Crippen molar-refractivity contribution in [1.82, 2.24) is 15.1 Å². The predicted octanol–water partition coefficient (Wildman–Crippen LogP) is 3.46. The number of benzene rings is 1. The minimum Gasteiger partial charge on any atom is -0.314 e. The molecule has 0 bridgehead atoms. The summed E-state index contributed by atoms with van der Waals surface area (Å²) in [5.41, 5.74) is 1.42. The summed E-state index contributed by atoms with van der Waals surface area (Å²) in [4.78, 5) is 0. The van der Waals surface area contributed by atoms with Gasteiger partial charge in [-0.3, -0.25) is 4.68 Å². The molecule has 20 heavy (non-hydrogen) atoms. The zero-order chi connectivity index (χ0) is 13.8. The van der Waals surface area contributed by atoms with Crippen LogP contribution in [-0.2, 0) is 6.54 Å². The van der Waals surface area contributed by atoms with Crippen LogP contribution in [0.4, 0.5) is 0 Å². The van der Waals surface area contributed by atoms with Gasteiger partial charge in [-0.2, -0.15) is 5.10 Å². The standard InChI is InChI=1S/C16H20ClN3/c17-15-5-3-13(4-6-15)14-11-16(12-14)18-7-1-9-20-10-2-8-19-20/h2-6,8,10,14,16,18H,1,7,9,11-12H2. The molecule has 1 aromatic carbocycles. The molecule has 0 amide bonds. The first kappa shape index (κ1) is 13.7. The summed E-state index contributed by atoms with van der Waals surface area (Å²) in [5, 5.41) is 8.65. The van der Waals surface area contributed by atoms with Crippen LogP contribution < -0.4 is 5.32 Å². The molecule has 106 valence electrons. The summed E-state index contributed by atoms with van der Waals surface area (Å²) in [6.07, 6.45) is 7.45. The molecule has 3 nitrogen and oxygen atoms in total. The van der Waals surface area contributed by atoms with Gasteiger partial charge in [-0.15, -0.1) is 0 Å². The highest BCUT2D eigenvalue weighted by molar-refractivity contribution is 6.30. The minimum atomic E-state index is 0.674. The molecular weight excluding hydrogens is 270 g/mol. The lowest BCUT2D eigenvalue weighted by atomic mass is 9.76. The van der Waals surface area contributed by atoms with Crippen LogP contribution in [0, 0.1) is 0 Å². The van der Waals surface area contributed by atoms with Crippen LogP contribution in [0.15, 0.2) is 42.7 Å². The molecular formula is C16H20ClN3. The molecule has 1 saturated carbocycles. The van der Waals surface area contributed by atoms with Gasteiger partial charge in [0.25, 0.3) is 0 Å². The van der Waals surface area contributed by atoms with Crippen molar-refractivity contribution >= 4 is 11.6 Å². The van der Waals surface area contributed by atoms with E-state index in [1.165, 1.54) is 18.4 Å². The van der Waals surface area contributed by atoms with Crippen molar-refractivity contribution in [3.05, 3.63) is 53.3 Å². The summed E-state index contributed by atoms with van der Waals surface area (Å²) in [6.45, 7) is 2.06. The third kappa shape index (κ3) is 3.41. The van der Waals surface area contributed by atoms with Gasteiger partial charge < -0.3 is 5.32 Å². The topological polar surface area (TPSA) is 29.9 Å². The van der Waals surface area contributed by atoms with Crippen molar-refractivity contribution in [2.75, 3.05) is 6.54 Å². The van der Waals surface area contributed by atoms with E-state index in [1.807, 2.05) is 35.3 Å². The van der Waals surface area contributed by atoms with Crippen molar-refractivity contribution in [2.45, 2.75) is 37.8 Å². The predicted molar refractivity (Wildman–Crippen MR) is 82.1 cm³/mol. The van der Waals surface area contributed by atoms with Crippen LogP contribution in [0.25, 0.3) is 0 Å². The molecule has 4 heteroatoms. The first-order valence-electron chi connectivity index (χ1n) is 7.27. The average Bonchev–Trinajstić information content (AvgIpc) is 2.91. The molecule has 1 aliphatic rings. The van der Waals surface area contributed by atoms with Gasteiger partial charge in [0, 0.05) is 30.0 Å². The second kappa shape index (κ2) is 6.42. The lowest BCUT2D eigenvalue weighted by molar-refractivity contribution is 0.288. The lowest BCUT2D eigenvalue weighted by Crippen LogP contribution is -2.40. The van der Waals surface area contributed by atoms with Gasteiger partial charge in [-0.05, 0) is 55.5 Å². The third-order valence-corrected chi connectivity index (χ3v) is 4.29. The van der Waals surface area contributed by atoms with Gasteiger partial charge in [0.1, 0.15) is 0 Å². The fourth-order valence-electron chi connectivity index (χ4n) is 2.77. The number of aromatic nitrogens is 2. The van der Waals surface area contributed by atoms with E-state index in [2.05, 4.69) is 22.5 Å². The second-order valence-corrected chi connectivity index (χ2v) is 5.93. The van der Waals surface area contributed by atoms with Crippen LogP contribution in [0.3, 0.4) is 0 Å². The van der Waals surface area contributed by atoms with Crippen LogP contribution in [0.1, 0.15) is 30.7 Å². The first-order chi connectivity index (χ1) is 9.81. The summed E-state index contributed by atoms with van der Waals surface area (Å²) in [6, 6.07) is 10.9. The Hall–Kier alpha value is -1.32. The molecule has 0 aliphatic heterocycles. The highest BCUT2D eigenvalue weighted by Crippen LogP contribution is 2.37. The largest absolute Gasteiger partial charge is 0.314 e. The zero-order valence-corrected chi connectivity index (χ0v) is 12.3. The summed E-state index contributed by atoms with van der Waals surface area (Å²) in [5.74, 6) is 0.705. The molecule has 0 radical (unpaired) electrons. The van der Waals surface area contributed by atoms with Crippen molar-refractivity contribution in [3.8, 4) is 0 Å². The quantitative estimate of drug-likeness (QED) is 0.825. The smallest absolute Gasteiger partial charge is 0.0489 e. The summed E-state index contributed by atoms with van der Waals surface area (Å²) >= 11 is 5.91. The number of nitrogens with zero attached hydrogens (tertiary/aromatic N) is 2. The van der Waals surface area contributed by atoms with Gasteiger partial charge in [0.2, 0.25) is 0 Å². The molecule has 1 heterocycles. The van der Waals surface area contributed by atoms with Crippen LogP contribution in [-0.4, -0.2) is 22.4 Å². The normalized spacial score (nSPS) is 21.6. The Bertz CT molecular complexity index is 515. The number of hydrogen-bond acceptors (Lipinski definition) is 2. The maximum Gasteiger partial charge on any atom is 0.0489 e. The van der Waals surface area contributed by atoms with E-state index in [-0.39, 0.29) is 0 Å². The number of rotatable bonds is 6. The van der Waals surface area contributed by atoms with Crippen LogP contribution >= 0.6 is 11.6 Å². The number of nitrogens with one attached hydrogen (secondary N) is 1. The van der Waals surface area contributed by atoms with Crippen LogP contribution in [0.5, 0.6) is 0 Å². The minimum absolute atomic E-state index is 0.674.